The molecule has 0 saturated heterocycles. The molecule has 0 amide bonds. The van der Waals surface area contributed by atoms with Crippen molar-refractivity contribution in [2.45, 2.75) is 40.2 Å². The zero-order valence-corrected chi connectivity index (χ0v) is 9.99. The Hall–Kier alpha value is -0.240. The summed E-state index contributed by atoms with van der Waals surface area (Å²) < 4.78 is 3.55. The van der Waals surface area contributed by atoms with Gasteiger partial charge in [-0.1, -0.05) is 0 Å². The summed E-state index contributed by atoms with van der Waals surface area (Å²) in [7, 11) is 0. The molecule has 1 rings (SSSR count). The minimum Gasteiger partial charge on any atom is -0.343 e. The van der Waals surface area contributed by atoms with Crippen molar-refractivity contribution in [1.82, 2.24) is 4.57 Å². The molecule has 0 fully saturated rings. The molecule has 12 heavy (non-hydrogen) atoms. The maximum Gasteiger partial charge on any atom is 0.0384 e. The number of hydrogen-bond acceptors (Lipinski definition) is 0. The first kappa shape index (κ1) is 9.85. The molecule has 0 atom stereocenters. The van der Waals surface area contributed by atoms with Crippen molar-refractivity contribution < 1.29 is 0 Å². The fraction of sp³-hybridized carbons (Fsp3) is 0.600. The molecular weight excluding hydrogens is 214 g/mol. The van der Waals surface area contributed by atoms with Crippen LogP contribution >= 0.6 is 15.9 Å². The van der Waals surface area contributed by atoms with Gasteiger partial charge in [-0.3, -0.25) is 0 Å². The predicted octanol–water partition coefficient (Wildman–Crippen LogP) is 3.62. The summed E-state index contributed by atoms with van der Waals surface area (Å²) in [5, 5.41) is 0. The van der Waals surface area contributed by atoms with Crippen LogP contribution in [0.5, 0.6) is 0 Å². The van der Waals surface area contributed by atoms with E-state index in [0.29, 0.717) is 0 Å². The Bertz CT molecular complexity index is 292. The van der Waals surface area contributed by atoms with Crippen LogP contribution in [0.3, 0.4) is 0 Å². The second kappa shape index (κ2) is 2.91. The van der Waals surface area contributed by atoms with Crippen LogP contribution in [0.1, 0.15) is 32.2 Å². The van der Waals surface area contributed by atoms with E-state index in [9.17, 15) is 0 Å². The molecule has 0 spiro atoms. The molecule has 0 radical (unpaired) electrons. The standard InChI is InChI=1S/C10H16BrN/c1-7-6-9(11)8(2)12(7)10(3,4)5/h6H,1-5H3. The first-order valence-corrected chi connectivity index (χ1v) is 4.98. The van der Waals surface area contributed by atoms with E-state index in [1.165, 1.54) is 15.9 Å². The third kappa shape index (κ3) is 1.58. The van der Waals surface area contributed by atoms with Crippen molar-refractivity contribution in [1.29, 1.82) is 0 Å². The van der Waals surface area contributed by atoms with Gasteiger partial charge in [-0.25, -0.2) is 0 Å². The second-order valence-corrected chi connectivity index (χ2v) is 5.08. The lowest BCUT2D eigenvalue weighted by atomic mass is 10.1. The Kier molecular flexibility index (Phi) is 2.39. The maximum atomic E-state index is 3.54. The van der Waals surface area contributed by atoms with Crippen LogP contribution in [0.25, 0.3) is 0 Å². The van der Waals surface area contributed by atoms with Crippen LogP contribution in [0.4, 0.5) is 0 Å². The number of rotatable bonds is 0. The summed E-state index contributed by atoms with van der Waals surface area (Å²) in [4.78, 5) is 0. The van der Waals surface area contributed by atoms with Crippen LogP contribution < -0.4 is 0 Å². The van der Waals surface area contributed by atoms with Crippen molar-refractivity contribution >= 4 is 15.9 Å². The average molecular weight is 230 g/mol. The first-order valence-electron chi connectivity index (χ1n) is 4.19. The van der Waals surface area contributed by atoms with E-state index >= 15 is 0 Å². The zero-order valence-electron chi connectivity index (χ0n) is 8.40. The van der Waals surface area contributed by atoms with Gasteiger partial charge >= 0.3 is 0 Å². The fourth-order valence-electron chi connectivity index (χ4n) is 1.76. The molecule has 0 bridgehead atoms. The number of aryl methyl sites for hydroxylation is 1. The highest BCUT2D eigenvalue weighted by molar-refractivity contribution is 9.10. The third-order valence-corrected chi connectivity index (χ3v) is 2.84. The quantitative estimate of drug-likeness (QED) is 0.641. The Morgan fingerprint density at radius 1 is 1.25 bits per heavy atom. The lowest BCUT2D eigenvalue weighted by Crippen LogP contribution is -2.23. The summed E-state index contributed by atoms with van der Waals surface area (Å²) in [5.74, 6) is 0. The summed E-state index contributed by atoms with van der Waals surface area (Å²) in [6.07, 6.45) is 0. The van der Waals surface area contributed by atoms with Gasteiger partial charge in [0.1, 0.15) is 0 Å². The molecule has 1 nitrogen and oxygen atoms in total. The second-order valence-electron chi connectivity index (χ2n) is 4.23. The largest absolute Gasteiger partial charge is 0.343 e. The highest BCUT2D eigenvalue weighted by Gasteiger charge is 2.18. The highest BCUT2D eigenvalue weighted by Crippen LogP contribution is 2.27. The normalized spacial score (nSPS) is 12.2. The smallest absolute Gasteiger partial charge is 0.0384 e. The van der Waals surface area contributed by atoms with Crippen molar-refractivity contribution in [3.05, 3.63) is 21.9 Å². The molecule has 0 aliphatic heterocycles. The molecule has 0 N–H and O–H groups in total. The molecule has 68 valence electrons. The zero-order chi connectivity index (χ0) is 9.52. The van der Waals surface area contributed by atoms with Gasteiger partial charge in [0.05, 0.1) is 0 Å². The SMILES string of the molecule is Cc1cc(Br)c(C)n1C(C)(C)C. The van der Waals surface area contributed by atoms with Crippen LogP contribution in [-0.2, 0) is 5.54 Å². The van der Waals surface area contributed by atoms with Crippen LogP contribution in [0.15, 0.2) is 10.5 Å². The van der Waals surface area contributed by atoms with E-state index in [1.807, 2.05) is 0 Å². The molecule has 0 aliphatic rings. The molecule has 1 aromatic heterocycles. The van der Waals surface area contributed by atoms with Crippen LogP contribution in [0.2, 0.25) is 0 Å². The molecule has 0 saturated carbocycles. The van der Waals surface area contributed by atoms with Gasteiger partial charge in [0, 0.05) is 21.4 Å². The van der Waals surface area contributed by atoms with Crippen molar-refractivity contribution in [3.63, 3.8) is 0 Å². The Morgan fingerprint density at radius 2 is 1.75 bits per heavy atom. The summed E-state index contributed by atoms with van der Waals surface area (Å²) in [6.45, 7) is 10.9. The van der Waals surface area contributed by atoms with E-state index in [2.05, 4.69) is 61.2 Å². The maximum absolute atomic E-state index is 3.54. The Morgan fingerprint density at radius 3 is 1.92 bits per heavy atom. The number of hydrogen-bond donors (Lipinski definition) is 0. The lowest BCUT2D eigenvalue weighted by Gasteiger charge is -2.25. The molecule has 2 heteroatoms. The van der Waals surface area contributed by atoms with Crippen molar-refractivity contribution in [2.24, 2.45) is 0 Å². The Labute approximate surface area is 82.9 Å². The molecule has 0 unspecified atom stereocenters. The average Bonchev–Trinajstić information content (AvgIpc) is 2.05. The molecule has 0 aliphatic carbocycles. The first-order chi connectivity index (χ1) is 5.34. The van der Waals surface area contributed by atoms with Gasteiger partial charge in [0.15, 0.2) is 0 Å². The minimum atomic E-state index is 0.181. The van der Waals surface area contributed by atoms with E-state index in [4.69, 9.17) is 0 Å². The van der Waals surface area contributed by atoms with Crippen LogP contribution in [0, 0.1) is 13.8 Å². The fourth-order valence-corrected chi connectivity index (χ4v) is 2.26. The van der Waals surface area contributed by atoms with E-state index in [1.54, 1.807) is 0 Å². The lowest BCUT2D eigenvalue weighted by molar-refractivity contribution is 0.383. The molecule has 1 aromatic rings. The Balaban J connectivity index is 3.32. The number of nitrogens with zero attached hydrogens (tertiary/aromatic N) is 1. The molecule has 1 heterocycles. The predicted molar refractivity (Wildman–Crippen MR) is 56.6 cm³/mol. The summed E-state index contributed by atoms with van der Waals surface area (Å²) in [5.41, 5.74) is 2.80. The van der Waals surface area contributed by atoms with Crippen molar-refractivity contribution in [2.75, 3.05) is 0 Å². The summed E-state index contributed by atoms with van der Waals surface area (Å²) >= 11 is 3.54. The van der Waals surface area contributed by atoms with E-state index < -0.39 is 0 Å². The van der Waals surface area contributed by atoms with Gasteiger partial charge in [-0.2, -0.15) is 0 Å². The number of aromatic nitrogens is 1. The van der Waals surface area contributed by atoms with Gasteiger partial charge in [0.2, 0.25) is 0 Å². The third-order valence-electron chi connectivity index (χ3n) is 2.04. The van der Waals surface area contributed by atoms with E-state index in [-0.39, 0.29) is 5.54 Å². The molecule has 0 aromatic carbocycles. The number of halogens is 1. The van der Waals surface area contributed by atoms with Crippen molar-refractivity contribution in [3.8, 4) is 0 Å². The van der Waals surface area contributed by atoms with Gasteiger partial charge in [-0.15, -0.1) is 0 Å². The van der Waals surface area contributed by atoms with Gasteiger partial charge in [-0.05, 0) is 56.6 Å². The minimum absolute atomic E-state index is 0.181. The molecular formula is C10H16BrN. The van der Waals surface area contributed by atoms with Crippen LogP contribution in [-0.4, -0.2) is 4.57 Å². The highest BCUT2D eigenvalue weighted by atomic mass is 79.9. The van der Waals surface area contributed by atoms with Gasteiger partial charge in [0.25, 0.3) is 0 Å². The summed E-state index contributed by atoms with van der Waals surface area (Å²) in [6, 6.07) is 2.17. The van der Waals surface area contributed by atoms with E-state index in [0.717, 1.165) is 0 Å². The van der Waals surface area contributed by atoms with Gasteiger partial charge < -0.3 is 4.57 Å². The topological polar surface area (TPSA) is 4.93 Å². The monoisotopic (exact) mass is 229 g/mol.